The van der Waals surface area contributed by atoms with Gasteiger partial charge in [-0.25, -0.2) is 4.39 Å². The van der Waals surface area contributed by atoms with E-state index in [-0.39, 0.29) is 24.9 Å². The number of carbonyl (C=O) groups is 1. The van der Waals surface area contributed by atoms with Crippen molar-refractivity contribution in [1.82, 2.24) is 15.1 Å². The molecule has 152 valence electrons. The number of amides is 1. The van der Waals surface area contributed by atoms with Gasteiger partial charge in [-0.2, -0.15) is 0 Å². The molecule has 7 nitrogen and oxygen atoms in total. The predicted molar refractivity (Wildman–Crippen MR) is 89.5 cm³/mol. The monoisotopic (exact) mass is 402 g/mol. The minimum absolute atomic E-state index is 0.0323. The highest BCUT2D eigenvalue weighted by atomic mass is 19.4. The van der Waals surface area contributed by atoms with E-state index in [2.05, 4.69) is 20.3 Å². The van der Waals surface area contributed by atoms with Gasteiger partial charge in [0.15, 0.2) is 0 Å². The van der Waals surface area contributed by atoms with E-state index in [1.165, 1.54) is 43.0 Å². The number of alkyl halides is 3. The van der Waals surface area contributed by atoms with Crippen molar-refractivity contribution in [3.05, 3.63) is 30.1 Å². The molecule has 3 atom stereocenters. The number of likely N-dealkylation sites (tertiary alicyclic amines) is 1. The number of benzene rings is 1. The molecule has 0 radical (unpaired) electrons. The van der Waals surface area contributed by atoms with Crippen LogP contribution < -0.4 is 5.32 Å². The van der Waals surface area contributed by atoms with Gasteiger partial charge in [0.05, 0.1) is 12.1 Å². The molecule has 1 aliphatic heterocycles. The number of halogens is 4. The molecule has 1 aliphatic rings. The summed E-state index contributed by atoms with van der Waals surface area (Å²) in [6.07, 6.45) is -5.76. The van der Waals surface area contributed by atoms with Crippen LogP contribution in [0.3, 0.4) is 0 Å². The fourth-order valence-corrected chi connectivity index (χ4v) is 3.04. The van der Waals surface area contributed by atoms with E-state index in [0.717, 1.165) is 0 Å². The molecule has 0 saturated carbocycles. The van der Waals surface area contributed by atoms with Gasteiger partial charge >= 0.3 is 12.4 Å². The van der Waals surface area contributed by atoms with Crippen LogP contribution in [0.5, 0.6) is 0 Å². The number of hydrogen-bond donors (Lipinski definition) is 1. The van der Waals surface area contributed by atoms with Gasteiger partial charge in [-0.05, 0) is 44.5 Å². The Balaban J connectivity index is 1.61. The smallest absolute Gasteiger partial charge is 0.403 e. The molecule has 1 fully saturated rings. The summed E-state index contributed by atoms with van der Waals surface area (Å²) in [4.78, 5) is 13.9. The van der Waals surface area contributed by atoms with Crippen LogP contribution in [0.15, 0.2) is 28.7 Å². The third-order valence-electron chi connectivity index (χ3n) is 4.48. The fourth-order valence-electron chi connectivity index (χ4n) is 3.04. The van der Waals surface area contributed by atoms with Gasteiger partial charge < -0.3 is 14.6 Å². The maximum absolute atomic E-state index is 13.0. The summed E-state index contributed by atoms with van der Waals surface area (Å²) in [6, 6.07) is 3.85. The van der Waals surface area contributed by atoms with Crippen LogP contribution in [0.4, 0.5) is 23.6 Å². The number of carbonyl (C=O) groups excluding carboxylic acids is 1. The molecule has 1 aromatic heterocycles. The van der Waals surface area contributed by atoms with Gasteiger partial charge in [-0.3, -0.25) is 9.53 Å². The molecule has 2 heterocycles. The molecule has 0 aliphatic carbocycles. The minimum Gasteiger partial charge on any atom is -0.403 e. The van der Waals surface area contributed by atoms with Crippen molar-refractivity contribution in [3.63, 3.8) is 0 Å². The molecular weight excluding hydrogens is 384 g/mol. The lowest BCUT2D eigenvalue weighted by molar-refractivity contribution is -0.343. The van der Waals surface area contributed by atoms with E-state index in [4.69, 9.17) is 4.42 Å². The zero-order valence-electron chi connectivity index (χ0n) is 15.0. The van der Waals surface area contributed by atoms with Crippen LogP contribution >= 0.6 is 0 Å². The molecule has 0 spiro atoms. The number of nitrogens with one attached hydrogen (secondary N) is 1. The van der Waals surface area contributed by atoms with Gasteiger partial charge in [-0.1, -0.05) is 5.10 Å². The fraction of sp³-hybridized carbons (Fsp3) is 0.471. The summed E-state index contributed by atoms with van der Waals surface area (Å²) >= 11 is 0. The summed E-state index contributed by atoms with van der Waals surface area (Å²) in [5.74, 6) is -0.689. The summed E-state index contributed by atoms with van der Waals surface area (Å²) in [5.41, 5.74) is 0.501. The second-order valence-corrected chi connectivity index (χ2v) is 6.45. The van der Waals surface area contributed by atoms with Crippen LogP contribution in [-0.4, -0.2) is 52.1 Å². The lowest BCUT2D eigenvalue weighted by atomic mass is 10.2. The Bertz CT molecular complexity index is 825. The van der Waals surface area contributed by atoms with Crippen molar-refractivity contribution in [2.45, 2.75) is 44.8 Å². The van der Waals surface area contributed by atoms with Gasteiger partial charge in [-0.15, -0.1) is 18.3 Å². The van der Waals surface area contributed by atoms with Crippen molar-refractivity contribution >= 4 is 11.9 Å². The number of nitrogens with zero attached hydrogens (tertiary/aromatic N) is 3. The van der Waals surface area contributed by atoms with E-state index < -0.39 is 36.3 Å². The van der Waals surface area contributed by atoms with Crippen molar-refractivity contribution in [2.75, 3.05) is 11.9 Å². The standard InChI is InChI=1S/C17H18F4N4O3/c1-9(15(26)25-8-7-13(10(25)2)28-17(19,20)21)22-16-24-23-14(27-16)11-3-5-12(18)6-4-11/h3-6,9-10,13H,7-8H2,1-2H3,(H,22,24)/t9-,10+,13-/m1/s1. The first-order chi connectivity index (χ1) is 13.1. The summed E-state index contributed by atoms with van der Waals surface area (Å²) < 4.78 is 59.7. The van der Waals surface area contributed by atoms with Crippen molar-refractivity contribution in [3.8, 4) is 11.5 Å². The molecule has 1 saturated heterocycles. The highest BCUT2D eigenvalue weighted by Gasteiger charge is 2.43. The number of anilines is 1. The molecule has 1 amide bonds. The Morgan fingerprint density at radius 2 is 2.00 bits per heavy atom. The molecule has 3 rings (SSSR count). The Morgan fingerprint density at radius 1 is 1.32 bits per heavy atom. The number of ether oxygens (including phenoxy) is 1. The lowest BCUT2D eigenvalue weighted by Gasteiger charge is -2.27. The normalized spacial score (nSPS) is 21.0. The van der Waals surface area contributed by atoms with Crippen LogP contribution in [0.1, 0.15) is 20.3 Å². The van der Waals surface area contributed by atoms with E-state index in [1.54, 1.807) is 0 Å². The second kappa shape index (κ2) is 7.74. The second-order valence-electron chi connectivity index (χ2n) is 6.45. The first-order valence-electron chi connectivity index (χ1n) is 8.55. The molecule has 0 unspecified atom stereocenters. The zero-order valence-corrected chi connectivity index (χ0v) is 15.0. The number of rotatable bonds is 5. The Kier molecular flexibility index (Phi) is 5.54. The van der Waals surface area contributed by atoms with Gasteiger partial charge in [0, 0.05) is 12.1 Å². The third kappa shape index (κ3) is 4.58. The van der Waals surface area contributed by atoms with E-state index >= 15 is 0 Å². The summed E-state index contributed by atoms with van der Waals surface area (Å²) in [6.45, 7) is 3.19. The van der Waals surface area contributed by atoms with Crippen LogP contribution in [0, 0.1) is 5.82 Å². The predicted octanol–water partition coefficient (Wildman–Crippen LogP) is 3.20. The molecular formula is C17H18F4N4O3. The zero-order chi connectivity index (χ0) is 20.5. The van der Waals surface area contributed by atoms with E-state index in [9.17, 15) is 22.4 Å². The maximum Gasteiger partial charge on any atom is 0.522 e. The average Bonchev–Trinajstić information content (AvgIpc) is 3.21. The molecule has 2 aromatic rings. The maximum atomic E-state index is 13.0. The quantitative estimate of drug-likeness (QED) is 0.774. The molecule has 0 bridgehead atoms. The topological polar surface area (TPSA) is 80.5 Å². The van der Waals surface area contributed by atoms with Crippen molar-refractivity contribution in [1.29, 1.82) is 0 Å². The number of aromatic nitrogens is 2. The van der Waals surface area contributed by atoms with Crippen LogP contribution in [0.2, 0.25) is 0 Å². The highest BCUT2D eigenvalue weighted by molar-refractivity contribution is 5.84. The minimum atomic E-state index is -4.75. The van der Waals surface area contributed by atoms with Crippen LogP contribution in [0.25, 0.3) is 11.5 Å². The Hall–Kier alpha value is -2.69. The van der Waals surface area contributed by atoms with Crippen molar-refractivity contribution in [2.24, 2.45) is 0 Å². The Morgan fingerprint density at radius 3 is 2.64 bits per heavy atom. The van der Waals surface area contributed by atoms with Crippen LogP contribution in [-0.2, 0) is 9.53 Å². The van der Waals surface area contributed by atoms with E-state index in [0.29, 0.717) is 5.56 Å². The van der Waals surface area contributed by atoms with Gasteiger partial charge in [0.2, 0.25) is 11.8 Å². The molecule has 1 aromatic carbocycles. The van der Waals surface area contributed by atoms with E-state index in [1.807, 2.05) is 0 Å². The SMILES string of the molecule is C[C@@H](Nc1nnc(-c2ccc(F)cc2)o1)C(=O)N1CC[C@@H](OC(F)(F)F)[C@@H]1C. The van der Waals surface area contributed by atoms with Crippen molar-refractivity contribution < 1.29 is 31.5 Å². The van der Waals surface area contributed by atoms with Gasteiger partial charge in [0.25, 0.3) is 0 Å². The average molecular weight is 402 g/mol. The molecule has 28 heavy (non-hydrogen) atoms. The summed E-state index contributed by atoms with van der Waals surface area (Å²) in [7, 11) is 0. The Labute approximate surface area is 157 Å². The highest BCUT2D eigenvalue weighted by Crippen LogP contribution is 2.29. The largest absolute Gasteiger partial charge is 0.522 e. The molecule has 11 heteroatoms. The third-order valence-corrected chi connectivity index (χ3v) is 4.48. The summed E-state index contributed by atoms with van der Waals surface area (Å²) in [5, 5.41) is 10.3. The first kappa shape index (κ1) is 20.1. The lowest BCUT2D eigenvalue weighted by Crippen LogP contribution is -2.45. The number of hydrogen-bond acceptors (Lipinski definition) is 6. The van der Waals surface area contributed by atoms with Gasteiger partial charge in [0.1, 0.15) is 11.9 Å². The first-order valence-corrected chi connectivity index (χ1v) is 8.55. The molecule has 1 N–H and O–H groups in total.